The predicted molar refractivity (Wildman–Crippen MR) is 77.7 cm³/mol. The molecular weight excluding hydrogens is 287 g/mol. The summed E-state index contributed by atoms with van der Waals surface area (Å²) in [6, 6.07) is 9.10. The zero-order valence-electron chi connectivity index (χ0n) is 11.9. The third kappa shape index (κ3) is 2.72. The van der Waals surface area contributed by atoms with E-state index in [4.69, 9.17) is 4.42 Å². The molecule has 1 aromatic carbocycles. The maximum atomic E-state index is 14.1. The van der Waals surface area contributed by atoms with Crippen LogP contribution in [0.5, 0.6) is 0 Å². The second-order valence-corrected chi connectivity index (χ2v) is 5.06. The molecule has 1 fully saturated rings. The molecule has 0 N–H and O–H groups in total. The van der Waals surface area contributed by atoms with Crippen molar-refractivity contribution < 1.29 is 18.4 Å². The molecule has 0 unspecified atom stereocenters. The lowest BCUT2D eigenvalue weighted by Gasteiger charge is -2.27. The highest BCUT2D eigenvalue weighted by Crippen LogP contribution is 2.23. The molecule has 0 radical (unpaired) electrons. The van der Waals surface area contributed by atoms with Gasteiger partial charge in [-0.05, 0) is 30.7 Å². The van der Waals surface area contributed by atoms with Crippen molar-refractivity contribution in [1.29, 1.82) is 0 Å². The molecule has 1 saturated heterocycles. The molecule has 0 saturated carbocycles. The van der Waals surface area contributed by atoms with Gasteiger partial charge in [-0.15, -0.1) is 0 Å². The standard InChI is InChI=1S/C16H15FN2O3/c17-12-5-1-2-6-13(12)19(11-18-9-3-8-15(18)20)16(21)14-7-4-10-22-14/h1-2,4-7,10H,3,8-9,11H2. The fraction of sp³-hybridized carbons (Fsp3) is 0.250. The van der Waals surface area contributed by atoms with Crippen LogP contribution >= 0.6 is 0 Å². The normalized spacial score (nSPS) is 14.4. The summed E-state index contributed by atoms with van der Waals surface area (Å²) < 4.78 is 19.2. The van der Waals surface area contributed by atoms with Crippen LogP contribution in [0.15, 0.2) is 47.1 Å². The summed E-state index contributed by atoms with van der Waals surface area (Å²) in [7, 11) is 0. The molecule has 3 rings (SSSR count). The largest absolute Gasteiger partial charge is 0.459 e. The SMILES string of the molecule is O=C1CCCN1CN(C(=O)c1ccco1)c1ccccc1F. The van der Waals surface area contributed by atoms with Crippen LogP contribution in [-0.2, 0) is 4.79 Å². The van der Waals surface area contributed by atoms with E-state index in [0.29, 0.717) is 13.0 Å². The number of nitrogens with zero attached hydrogens (tertiary/aromatic N) is 2. The fourth-order valence-corrected chi connectivity index (χ4v) is 2.48. The number of carbonyl (C=O) groups is 2. The number of likely N-dealkylation sites (tertiary alicyclic amines) is 1. The van der Waals surface area contributed by atoms with Crippen molar-refractivity contribution in [3.05, 3.63) is 54.2 Å². The van der Waals surface area contributed by atoms with Crippen molar-refractivity contribution in [3.63, 3.8) is 0 Å². The van der Waals surface area contributed by atoms with Gasteiger partial charge >= 0.3 is 0 Å². The van der Waals surface area contributed by atoms with Crippen LogP contribution in [0.3, 0.4) is 0 Å². The van der Waals surface area contributed by atoms with Gasteiger partial charge < -0.3 is 9.32 Å². The highest BCUT2D eigenvalue weighted by Gasteiger charge is 2.28. The highest BCUT2D eigenvalue weighted by atomic mass is 19.1. The number of benzene rings is 1. The van der Waals surface area contributed by atoms with Crippen molar-refractivity contribution in [2.24, 2.45) is 0 Å². The summed E-state index contributed by atoms with van der Waals surface area (Å²) in [4.78, 5) is 27.2. The van der Waals surface area contributed by atoms with Gasteiger partial charge in [-0.3, -0.25) is 14.5 Å². The van der Waals surface area contributed by atoms with E-state index in [-0.39, 0.29) is 24.0 Å². The molecule has 0 spiro atoms. The van der Waals surface area contributed by atoms with Gasteiger partial charge in [0.05, 0.1) is 12.0 Å². The number of carbonyl (C=O) groups excluding carboxylic acids is 2. The Labute approximate surface area is 126 Å². The molecular formula is C16H15FN2O3. The first-order valence-corrected chi connectivity index (χ1v) is 7.04. The Morgan fingerprint density at radius 3 is 2.73 bits per heavy atom. The molecule has 2 aromatic rings. The second kappa shape index (κ2) is 6.01. The lowest BCUT2D eigenvalue weighted by molar-refractivity contribution is -0.127. The van der Waals surface area contributed by atoms with E-state index >= 15 is 0 Å². The van der Waals surface area contributed by atoms with E-state index in [1.807, 2.05) is 0 Å². The first kappa shape index (κ1) is 14.3. The first-order chi connectivity index (χ1) is 10.7. The molecule has 0 aliphatic carbocycles. The third-order valence-electron chi connectivity index (χ3n) is 3.60. The van der Waals surface area contributed by atoms with Gasteiger partial charge in [0.15, 0.2) is 5.76 Å². The van der Waals surface area contributed by atoms with E-state index in [0.717, 1.165) is 6.42 Å². The highest BCUT2D eigenvalue weighted by molar-refractivity contribution is 6.04. The van der Waals surface area contributed by atoms with Gasteiger partial charge in [0.2, 0.25) is 5.91 Å². The lowest BCUT2D eigenvalue weighted by Crippen LogP contribution is -2.42. The number of para-hydroxylation sites is 1. The molecule has 5 nitrogen and oxygen atoms in total. The molecule has 2 heterocycles. The lowest BCUT2D eigenvalue weighted by atomic mass is 10.2. The number of amides is 2. The molecule has 0 bridgehead atoms. The Kier molecular flexibility index (Phi) is 3.91. The Bertz CT molecular complexity index is 684. The van der Waals surface area contributed by atoms with Crippen LogP contribution in [0, 0.1) is 5.82 Å². The maximum absolute atomic E-state index is 14.1. The van der Waals surface area contributed by atoms with Gasteiger partial charge in [0.1, 0.15) is 12.5 Å². The first-order valence-electron chi connectivity index (χ1n) is 7.04. The average molecular weight is 302 g/mol. The smallest absolute Gasteiger partial charge is 0.295 e. The van der Waals surface area contributed by atoms with Gasteiger partial charge in [0.25, 0.3) is 5.91 Å². The molecule has 114 valence electrons. The van der Waals surface area contributed by atoms with Crippen molar-refractivity contribution >= 4 is 17.5 Å². The molecule has 1 aliphatic heterocycles. The van der Waals surface area contributed by atoms with Crippen molar-refractivity contribution in [3.8, 4) is 0 Å². The minimum Gasteiger partial charge on any atom is -0.459 e. The molecule has 2 amide bonds. The minimum atomic E-state index is -0.519. The average Bonchev–Trinajstić information content (AvgIpc) is 3.17. The van der Waals surface area contributed by atoms with Crippen LogP contribution < -0.4 is 4.90 Å². The Morgan fingerprint density at radius 2 is 2.09 bits per heavy atom. The summed E-state index contributed by atoms with van der Waals surface area (Å²) >= 11 is 0. The number of rotatable bonds is 4. The number of hydrogen-bond acceptors (Lipinski definition) is 3. The number of anilines is 1. The zero-order valence-corrected chi connectivity index (χ0v) is 11.9. The van der Waals surface area contributed by atoms with E-state index in [2.05, 4.69) is 0 Å². The van der Waals surface area contributed by atoms with Crippen LogP contribution in [0.25, 0.3) is 0 Å². The van der Waals surface area contributed by atoms with Crippen LogP contribution in [-0.4, -0.2) is 29.9 Å². The summed E-state index contributed by atoms with van der Waals surface area (Å²) in [6.07, 6.45) is 2.59. The van der Waals surface area contributed by atoms with Crippen LogP contribution in [0.4, 0.5) is 10.1 Å². The van der Waals surface area contributed by atoms with E-state index in [1.165, 1.54) is 29.4 Å². The predicted octanol–water partition coefficient (Wildman–Crippen LogP) is 2.65. The zero-order chi connectivity index (χ0) is 15.5. The van der Waals surface area contributed by atoms with Gasteiger partial charge in [0, 0.05) is 13.0 Å². The van der Waals surface area contributed by atoms with E-state index < -0.39 is 11.7 Å². The number of furan rings is 1. The Morgan fingerprint density at radius 1 is 1.27 bits per heavy atom. The Balaban J connectivity index is 1.93. The van der Waals surface area contributed by atoms with E-state index in [9.17, 15) is 14.0 Å². The van der Waals surface area contributed by atoms with Gasteiger partial charge in [-0.1, -0.05) is 12.1 Å². The Hall–Kier alpha value is -2.63. The van der Waals surface area contributed by atoms with Crippen molar-refractivity contribution in [2.45, 2.75) is 12.8 Å². The molecule has 0 atom stereocenters. The van der Waals surface area contributed by atoms with Gasteiger partial charge in [-0.25, -0.2) is 4.39 Å². The second-order valence-electron chi connectivity index (χ2n) is 5.06. The van der Waals surface area contributed by atoms with Crippen LogP contribution in [0.2, 0.25) is 0 Å². The maximum Gasteiger partial charge on any atom is 0.295 e. The van der Waals surface area contributed by atoms with E-state index in [1.54, 1.807) is 23.1 Å². The number of hydrogen-bond donors (Lipinski definition) is 0. The van der Waals surface area contributed by atoms with Gasteiger partial charge in [-0.2, -0.15) is 0 Å². The molecule has 1 aromatic heterocycles. The number of halogens is 1. The van der Waals surface area contributed by atoms with Crippen molar-refractivity contribution in [2.75, 3.05) is 18.1 Å². The summed E-state index contributed by atoms with van der Waals surface area (Å²) in [5.74, 6) is -0.924. The molecule has 22 heavy (non-hydrogen) atoms. The minimum absolute atomic E-state index is 0.0132. The molecule has 1 aliphatic rings. The fourth-order valence-electron chi connectivity index (χ4n) is 2.48. The summed E-state index contributed by atoms with van der Waals surface area (Å²) in [6.45, 7) is 0.578. The summed E-state index contributed by atoms with van der Waals surface area (Å²) in [5, 5.41) is 0. The van der Waals surface area contributed by atoms with Crippen molar-refractivity contribution in [1.82, 2.24) is 4.90 Å². The third-order valence-corrected chi connectivity index (χ3v) is 3.60. The summed E-state index contributed by atoms with van der Waals surface area (Å²) in [5.41, 5.74) is 0.128. The molecule has 6 heteroatoms. The van der Waals surface area contributed by atoms with Crippen LogP contribution in [0.1, 0.15) is 23.4 Å². The topological polar surface area (TPSA) is 53.8 Å². The monoisotopic (exact) mass is 302 g/mol. The quantitative estimate of drug-likeness (QED) is 0.872.